The van der Waals surface area contributed by atoms with Crippen molar-refractivity contribution in [3.63, 3.8) is 0 Å². The molecule has 90 valence electrons. The first-order valence-electron chi connectivity index (χ1n) is 6.00. The van der Waals surface area contributed by atoms with Gasteiger partial charge in [0.2, 0.25) is 0 Å². The van der Waals surface area contributed by atoms with Crippen molar-refractivity contribution in [2.45, 2.75) is 25.3 Å². The zero-order valence-corrected chi connectivity index (χ0v) is 9.67. The van der Waals surface area contributed by atoms with E-state index in [9.17, 15) is 0 Å². The molecule has 1 atom stereocenters. The van der Waals surface area contributed by atoms with Crippen LogP contribution >= 0.6 is 0 Å². The predicted octanol–water partition coefficient (Wildman–Crippen LogP) is 1.08. The molecule has 2 aromatic rings. The molecule has 0 spiro atoms. The van der Waals surface area contributed by atoms with Crippen LogP contribution in [0.3, 0.4) is 0 Å². The first kappa shape index (κ1) is 10.7. The average molecular weight is 232 g/mol. The molecule has 3 rings (SSSR count). The zero-order chi connectivity index (χ0) is 11.7. The van der Waals surface area contributed by atoms with Gasteiger partial charge < -0.3 is 10.5 Å². The summed E-state index contributed by atoms with van der Waals surface area (Å²) in [6, 6.07) is 3.95. The number of hydrogen-bond acceptors (Lipinski definition) is 4. The fourth-order valence-corrected chi connectivity index (χ4v) is 2.18. The molecule has 0 aromatic carbocycles. The van der Waals surface area contributed by atoms with Gasteiger partial charge in [-0.05, 0) is 24.5 Å². The molecule has 0 bridgehead atoms. The van der Waals surface area contributed by atoms with Gasteiger partial charge in [0.25, 0.3) is 0 Å². The number of rotatable bonds is 2. The molecule has 1 aliphatic heterocycles. The Kier molecular flexibility index (Phi) is 2.78. The van der Waals surface area contributed by atoms with Gasteiger partial charge in [0.15, 0.2) is 11.5 Å². The molecule has 17 heavy (non-hydrogen) atoms. The minimum absolute atomic E-state index is 0.338. The molecule has 2 aromatic heterocycles. The highest BCUT2D eigenvalue weighted by Gasteiger charge is 2.20. The third-order valence-corrected chi connectivity index (χ3v) is 3.17. The molecular formula is C12H16N4O. The molecule has 0 amide bonds. The van der Waals surface area contributed by atoms with E-state index in [1.54, 1.807) is 0 Å². The molecule has 2 N–H and O–H groups in total. The summed E-state index contributed by atoms with van der Waals surface area (Å²) in [5.74, 6) is 1.23. The topological polar surface area (TPSA) is 65.4 Å². The molecule has 1 fully saturated rings. The van der Waals surface area contributed by atoms with E-state index in [0.717, 1.165) is 43.1 Å². The van der Waals surface area contributed by atoms with Gasteiger partial charge in [0.1, 0.15) is 0 Å². The Morgan fingerprint density at radius 3 is 3.18 bits per heavy atom. The first-order chi connectivity index (χ1) is 8.36. The number of pyridine rings is 1. The lowest BCUT2D eigenvalue weighted by molar-refractivity contribution is 0.0781. The van der Waals surface area contributed by atoms with Crippen LogP contribution in [-0.2, 0) is 11.3 Å². The van der Waals surface area contributed by atoms with Crippen LogP contribution in [0, 0.1) is 0 Å². The predicted molar refractivity (Wildman–Crippen MR) is 63.7 cm³/mol. The highest BCUT2D eigenvalue weighted by atomic mass is 16.5. The van der Waals surface area contributed by atoms with Crippen LogP contribution in [0.5, 0.6) is 0 Å². The quantitative estimate of drug-likeness (QED) is 0.841. The molecular weight excluding hydrogens is 216 g/mol. The van der Waals surface area contributed by atoms with Crippen LogP contribution < -0.4 is 5.73 Å². The van der Waals surface area contributed by atoms with Gasteiger partial charge in [-0.15, -0.1) is 0 Å². The van der Waals surface area contributed by atoms with Crippen molar-refractivity contribution in [3.8, 4) is 0 Å². The lowest BCUT2D eigenvalue weighted by atomic mass is 10.0. The molecule has 0 saturated carbocycles. The van der Waals surface area contributed by atoms with Crippen molar-refractivity contribution in [1.82, 2.24) is 14.6 Å². The van der Waals surface area contributed by atoms with Gasteiger partial charge in [-0.1, -0.05) is 6.07 Å². The Morgan fingerprint density at radius 2 is 2.41 bits per heavy atom. The van der Waals surface area contributed by atoms with Crippen molar-refractivity contribution < 1.29 is 4.74 Å². The molecule has 5 heteroatoms. The Bertz CT molecular complexity index is 516. The first-order valence-corrected chi connectivity index (χ1v) is 6.00. The van der Waals surface area contributed by atoms with Crippen LogP contribution in [0.15, 0.2) is 18.3 Å². The van der Waals surface area contributed by atoms with E-state index in [0.29, 0.717) is 12.5 Å². The summed E-state index contributed by atoms with van der Waals surface area (Å²) >= 11 is 0. The lowest BCUT2D eigenvalue weighted by Gasteiger charge is -2.18. The smallest absolute Gasteiger partial charge is 0.157 e. The highest BCUT2D eigenvalue weighted by molar-refractivity contribution is 5.39. The van der Waals surface area contributed by atoms with Crippen molar-refractivity contribution >= 4 is 5.65 Å². The third kappa shape index (κ3) is 2.03. The fourth-order valence-electron chi connectivity index (χ4n) is 2.18. The van der Waals surface area contributed by atoms with Crippen LogP contribution in [0.4, 0.5) is 0 Å². The van der Waals surface area contributed by atoms with E-state index >= 15 is 0 Å². The SMILES string of the molecule is NCc1ccc2nc(C3CCCOC3)nn2c1. The number of nitrogens with zero attached hydrogens (tertiary/aromatic N) is 3. The number of hydrogen-bond donors (Lipinski definition) is 1. The number of nitrogens with two attached hydrogens (primary N) is 1. The van der Waals surface area contributed by atoms with Crippen molar-refractivity contribution in [2.75, 3.05) is 13.2 Å². The molecule has 1 aliphatic rings. The Hall–Kier alpha value is -1.46. The van der Waals surface area contributed by atoms with Crippen LogP contribution in [-0.4, -0.2) is 27.8 Å². The molecule has 0 aliphatic carbocycles. The number of aromatic nitrogens is 3. The van der Waals surface area contributed by atoms with Crippen molar-refractivity contribution in [3.05, 3.63) is 29.7 Å². The maximum absolute atomic E-state index is 5.61. The van der Waals surface area contributed by atoms with Gasteiger partial charge in [-0.25, -0.2) is 9.50 Å². The molecule has 0 radical (unpaired) electrons. The van der Waals surface area contributed by atoms with Gasteiger partial charge in [0.05, 0.1) is 6.61 Å². The standard InChI is InChI=1S/C12H16N4O/c13-6-9-3-4-11-14-12(15-16(11)7-9)10-2-1-5-17-8-10/h3-4,7,10H,1-2,5-6,8,13H2. The van der Waals surface area contributed by atoms with Crippen LogP contribution in [0.1, 0.15) is 30.1 Å². The maximum atomic E-state index is 5.61. The van der Waals surface area contributed by atoms with Crippen LogP contribution in [0.2, 0.25) is 0 Å². The highest BCUT2D eigenvalue weighted by Crippen LogP contribution is 2.23. The van der Waals surface area contributed by atoms with Gasteiger partial charge >= 0.3 is 0 Å². The van der Waals surface area contributed by atoms with Crippen LogP contribution in [0.25, 0.3) is 5.65 Å². The summed E-state index contributed by atoms with van der Waals surface area (Å²) in [5.41, 5.74) is 7.55. The van der Waals surface area contributed by atoms with E-state index in [2.05, 4.69) is 10.1 Å². The monoisotopic (exact) mass is 232 g/mol. The summed E-state index contributed by atoms with van der Waals surface area (Å²) in [7, 11) is 0. The second kappa shape index (κ2) is 4.43. The van der Waals surface area contributed by atoms with Crippen molar-refractivity contribution in [1.29, 1.82) is 0 Å². The average Bonchev–Trinajstić information content (AvgIpc) is 2.82. The second-order valence-corrected chi connectivity index (χ2v) is 4.43. The molecule has 1 unspecified atom stereocenters. The minimum atomic E-state index is 0.338. The summed E-state index contributed by atoms with van der Waals surface area (Å²) in [6.07, 6.45) is 4.14. The molecule has 5 nitrogen and oxygen atoms in total. The summed E-state index contributed by atoms with van der Waals surface area (Å²) in [6.45, 7) is 2.12. The fraction of sp³-hybridized carbons (Fsp3) is 0.500. The van der Waals surface area contributed by atoms with Gasteiger partial charge in [0, 0.05) is 25.3 Å². The second-order valence-electron chi connectivity index (χ2n) is 4.43. The maximum Gasteiger partial charge on any atom is 0.157 e. The zero-order valence-electron chi connectivity index (χ0n) is 9.67. The van der Waals surface area contributed by atoms with E-state index < -0.39 is 0 Å². The Morgan fingerprint density at radius 1 is 1.47 bits per heavy atom. The third-order valence-electron chi connectivity index (χ3n) is 3.17. The van der Waals surface area contributed by atoms with E-state index in [-0.39, 0.29) is 0 Å². The summed E-state index contributed by atoms with van der Waals surface area (Å²) in [4.78, 5) is 4.54. The number of ether oxygens (including phenoxy) is 1. The largest absolute Gasteiger partial charge is 0.381 e. The minimum Gasteiger partial charge on any atom is -0.381 e. The molecule has 1 saturated heterocycles. The van der Waals surface area contributed by atoms with Gasteiger partial charge in [-0.3, -0.25) is 0 Å². The Balaban J connectivity index is 1.95. The van der Waals surface area contributed by atoms with E-state index in [4.69, 9.17) is 10.5 Å². The van der Waals surface area contributed by atoms with Gasteiger partial charge in [-0.2, -0.15) is 5.10 Å². The summed E-state index contributed by atoms with van der Waals surface area (Å²) in [5, 5.41) is 4.52. The van der Waals surface area contributed by atoms with Crippen molar-refractivity contribution in [2.24, 2.45) is 5.73 Å². The summed E-state index contributed by atoms with van der Waals surface area (Å²) < 4.78 is 7.28. The van der Waals surface area contributed by atoms with E-state index in [1.165, 1.54) is 0 Å². The molecule has 3 heterocycles. The van der Waals surface area contributed by atoms with E-state index in [1.807, 2.05) is 22.8 Å². The number of fused-ring (bicyclic) bond motifs is 1. The Labute approximate surface area is 99.6 Å². The normalized spacial score (nSPS) is 20.9. The lowest BCUT2D eigenvalue weighted by Crippen LogP contribution is -2.16.